The fourth-order valence-electron chi connectivity index (χ4n) is 3.96. The Balaban J connectivity index is 2.60. The third-order valence-electron chi connectivity index (χ3n) is 4.91. The number of nitrogens with zero attached hydrogens (tertiary/aromatic N) is 1. The van der Waals surface area contributed by atoms with Crippen molar-refractivity contribution >= 4 is 11.7 Å². The minimum Gasteiger partial charge on any atom is -0.495 e. The van der Waals surface area contributed by atoms with Gasteiger partial charge < -0.3 is 14.7 Å². The summed E-state index contributed by atoms with van der Waals surface area (Å²) in [6.07, 6.45) is 3.49. The highest BCUT2D eigenvalue weighted by Crippen LogP contribution is 2.49. The first-order chi connectivity index (χ1) is 10.8. The van der Waals surface area contributed by atoms with E-state index in [1.165, 1.54) is 5.56 Å². The molecule has 0 spiro atoms. The van der Waals surface area contributed by atoms with Crippen molar-refractivity contribution < 1.29 is 14.6 Å². The number of benzene rings is 1. The molecule has 0 aliphatic carbocycles. The number of carboxylic acids is 1. The van der Waals surface area contributed by atoms with Gasteiger partial charge in [-0.1, -0.05) is 38.8 Å². The number of hydrogen-bond acceptors (Lipinski definition) is 3. The van der Waals surface area contributed by atoms with Gasteiger partial charge >= 0.3 is 5.97 Å². The van der Waals surface area contributed by atoms with Gasteiger partial charge in [0, 0.05) is 5.54 Å². The molecule has 0 amide bonds. The number of para-hydroxylation sites is 1. The van der Waals surface area contributed by atoms with Gasteiger partial charge in [-0.25, -0.2) is 4.79 Å². The number of anilines is 1. The van der Waals surface area contributed by atoms with Crippen LogP contribution in [0.3, 0.4) is 0 Å². The molecule has 0 fully saturated rings. The second-order valence-electron chi connectivity index (χ2n) is 7.18. The molecule has 1 aromatic rings. The van der Waals surface area contributed by atoms with Crippen LogP contribution >= 0.6 is 0 Å². The summed E-state index contributed by atoms with van der Waals surface area (Å²) in [5, 5.41) is 9.86. The Kier molecular flexibility index (Phi) is 5.23. The van der Waals surface area contributed by atoms with E-state index >= 15 is 0 Å². The zero-order valence-corrected chi connectivity index (χ0v) is 14.9. The molecule has 0 saturated heterocycles. The number of aliphatic carboxylic acids is 1. The van der Waals surface area contributed by atoms with E-state index in [1.54, 1.807) is 7.11 Å². The van der Waals surface area contributed by atoms with Gasteiger partial charge in [-0.15, -0.1) is 0 Å². The Morgan fingerprint density at radius 2 is 2.17 bits per heavy atom. The quantitative estimate of drug-likeness (QED) is 0.842. The lowest BCUT2D eigenvalue weighted by Crippen LogP contribution is -2.56. The van der Waals surface area contributed by atoms with Crippen LogP contribution in [0, 0.1) is 0 Å². The Morgan fingerprint density at radius 3 is 2.74 bits per heavy atom. The van der Waals surface area contributed by atoms with Crippen LogP contribution in [0.2, 0.25) is 0 Å². The maximum absolute atomic E-state index is 12.0. The van der Waals surface area contributed by atoms with Crippen LogP contribution in [0.5, 0.6) is 5.75 Å². The van der Waals surface area contributed by atoms with Gasteiger partial charge in [0.15, 0.2) is 0 Å². The van der Waals surface area contributed by atoms with Crippen molar-refractivity contribution in [1.82, 2.24) is 0 Å². The summed E-state index contributed by atoms with van der Waals surface area (Å²) >= 11 is 0. The van der Waals surface area contributed by atoms with Crippen LogP contribution < -0.4 is 9.64 Å². The predicted molar refractivity (Wildman–Crippen MR) is 93.5 cm³/mol. The largest absolute Gasteiger partial charge is 0.495 e. The number of hydrogen-bond donors (Lipinski definition) is 1. The van der Waals surface area contributed by atoms with Gasteiger partial charge in [-0.05, 0) is 44.2 Å². The van der Waals surface area contributed by atoms with E-state index in [2.05, 4.69) is 38.7 Å². The van der Waals surface area contributed by atoms with Gasteiger partial charge in [0.2, 0.25) is 0 Å². The first kappa shape index (κ1) is 17.6. The molecule has 0 saturated carbocycles. The molecule has 23 heavy (non-hydrogen) atoms. The van der Waals surface area contributed by atoms with Gasteiger partial charge in [0.05, 0.1) is 12.8 Å². The fourth-order valence-corrected chi connectivity index (χ4v) is 3.96. The van der Waals surface area contributed by atoms with Crippen LogP contribution in [0.25, 0.3) is 0 Å². The second kappa shape index (κ2) is 6.81. The monoisotopic (exact) mass is 319 g/mol. The number of methoxy groups -OCH3 is 1. The summed E-state index contributed by atoms with van der Waals surface area (Å²) in [6, 6.07) is 5.50. The van der Waals surface area contributed by atoms with Crippen molar-refractivity contribution in [3.8, 4) is 5.75 Å². The van der Waals surface area contributed by atoms with Crippen molar-refractivity contribution in [2.24, 2.45) is 0 Å². The lowest BCUT2D eigenvalue weighted by Gasteiger charge is -2.50. The number of carboxylic acid groups (broad SMARTS) is 1. The van der Waals surface area contributed by atoms with Gasteiger partial charge in [0.25, 0.3) is 0 Å². The Bertz CT molecular complexity index is 568. The van der Waals surface area contributed by atoms with Crippen LogP contribution in [-0.4, -0.2) is 29.8 Å². The molecule has 0 bridgehead atoms. The summed E-state index contributed by atoms with van der Waals surface area (Å²) in [7, 11) is 1.65. The second-order valence-corrected chi connectivity index (χ2v) is 7.18. The number of fused-ring (bicyclic) bond motifs is 1. The van der Waals surface area contributed by atoms with Crippen LogP contribution in [0.4, 0.5) is 5.69 Å². The SMILES string of the molecule is CCCC[C@@H](C(=O)O)N1c2c(OC)cccc2[C@@H](C)CC1(C)C. The molecule has 0 unspecified atom stereocenters. The fraction of sp³-hybridized carbons (Fsp3) is 0.632. The molecule has 0 radical (unpaired) electrons. The molecule has 4 nitrogen and oxygen atoms in total. The zero-order valence-electron chi connectivity index (χ0n) is 14.9. The maximum Gasteiger partial charge on any atom is 0.326 e. The molecule has 2 rings (SSSR count). The Labute approximate surface area is 139 Å². The van der Waals surface area contributed by atoms with Crippen LogP contribution in [-0.2, 0) is 4.79 Å². The summed E-state index contributed by atoms with van der Waals surface area (Å²) in [5.74, 6) is 0.398. The van der Waals surface area contributed by atoms with Crippen molar-refractivity contribution in [2.75, 3.05) is 12.0 Å². The third kappa shape index (κ3) is 3.31. The van der Waals surface area contributed by atoms with E-state index in [-0.39, 0.29) is 5.54 Å². The molecule has 1 aromatic carbocycles. The summed E-state index contributed by atoms with van der Waals surface area (Å²) in [4.78, 5) is 14.1. The van der Waals surface area contributed by atoms with Crippen molar-refractivity contribution in [3.05, 3.63) is 23.8 Å². The minimum absolute atomic E-state index is 0.224. The average molecular weight is 319 g/mol. The van der Waals surface area contributed by atoms with Crippen molar-refractivity contribution in [3.63, 3.8) is 0 Å². The molecular formula is C19H29NO3. The first-order valence-electron chi connectivity index (χ1n) is 8.52. The van der Waals surface area contributed by atoms with E-state index in [0.29, 0.717) is 12.3 Å². The average Bonchev–Trinajstić information content (AvgIpc) is 2.48. The molecule has 1 aliphatic rings. The Morgan fingerprint density at radius 1 is 1.48 bits per heavy atom. The summed E-state index contributed by atoms with van der Waals surface area (Å²) in [5.41, 5.74) is 1.92. The summed E-state index contributed by atoms with van der Waals surface area (Å²) in [6.45, 7) is 8.58. The van der Waals surface area contributed by atoms with Crippen LogP contribution in [0.1, 0.15) is 64.9 Å². The zero-order chi connectivity index (χ0) is 17.2. The number of carbonyl (C=O) groups is 1. The van der Waals surface area contributed by atoms with Gasteiger partial charge in [-0.2, -0.15) is 0 Å². The lowest BCUT2D eigenvalue weighted by atomic mass is 9.78. The smallest absolute Gasteiger partial charge is 0.326 e. The van der Waals surface area contributed by atoms with Crippen molar-refractivity contribution in [1.29, 1.82) is 0 Å². The molecular weight excluding hydrogens is 290 g/mol. The number of rotatable bonds is 6. The minimum atomic E-state index is -0.752. The predicted octanol–water partition coefficient (Wildman–Crippen LogP) is 4.43. The third-order valence-corrected chi connectivity index (χ3v) is 4.91. The molecule has 128 valence electrons. The van der Waals surface area contributed by atoms with E-state index in [0.717, 1.165) is 30.7 Å². The van der Waals surface area contributed by atoms with Gasteiger partial charge in [-0.3, -0.25) is 0 Å². The lowest BCUT2D eigenvalue weighted by molar-refractivity contribution is -0.139. The van der Waals surface area contributed by atoms with Crippen molar-refractivity contribution in [2.45, 2.75) is 70.9 Å². The highest BCUT2D eigenvalue weighted by Gasteiger charge is 2.43. The van der Waals surface area contributed by atoms with E-state index in [1.807, 2.05) is 12.1 Å². The summed E-state index contributed by atoms with van der Waals surface area (Å²) < 4.78 is 5.58. The highest BCUT2D eigenvalue weighted by molar-refractivity contribution is 5.82. The number of unbranched alkanes of at least 4 members (excludes halogenated alkanes) is 1. The van der Waals surface area contributed by atoms with Crippen LogP contribution in [0.15, 0.2) is 18.2 Å². The molecule has 1 heterocycles. The topological polar surface area (TPSA) is 49.8 Å². The normalized spacial score (nSPS) is 20.7. The molecule has 2 atom stereocenters. The Hall–Kier alpha value is -1.71. The molecule has 0 aromatic heterocycles. The molecule has 1 N–H and O–H groups in total. The highest BCUT2D eigenvalue weighted by atomic mass is 16.5. The number of ether oxygens (including phenoxy) is 1. The molecule has 4 heteroatoms. The van der Waals surface area contributed by atoms with E-state index < -0.39 is 12.0 Å². The van der Waals surface area contributed by atoms with E-state index in [9.17, 15) is 9.90 Å². The standard InChI is InChI=1S/C19H29NO3/c1-6-7-10-15(18(21)22)20-17-14(9-8-11-16(17)23-5)13(2)12-19(20,3)4/h8-9,11,13,15H,6-7,10,12H2,1-5H3,(H,21,22)/t13-,15-/m0/s1. The first-order valence-corrected chi connectivity index (χ1v) is 8.52. The van der Waals surface area contributed by atoms with Gasteiger partial charge in [0.1, 0.15) is 11.8 Å². The van der Waals surface area contributed by atoms with E-state index in [4.69, 9.17) is 4.74 Å². The molecule has 1 aliphatic heterocycles. The maximum atomic E-state index is 12.0.